The lowest BCUT2D eigenvalue weighted by Gasteiger charge is -2.26. The summed E-state index contributed by atoms with van der Waals surface area (Å²) in [5.74, 6) is 9.43. The third kappa shape index (κ3) is 46.0. The maximum absolute atomic E-state index is 11.5. The van der Waals surface area contributed by atoms with Gasteiger partial charge in [0.15, 0.2) is 25.5 Å². The van der Waals surface area contributed by atoms with E-state index >= 15 is 0 Å². The molecule has 11 unspecified atom stereocenters. The molecular weight excluding hydrogens is 1450 g/mol. The van der Waals surface area contributed by atoms with Crippen LogP contribution < -0.4 is 18.9 Å². The Bertz CT molecular complexity index is 3580. The highest BCUT2D eigenvalue weighted by Gasteiger charge is 2.20. The molecule has 0 radical (unpaired) electrons. The summed E-state index contributed by atoms with van der Waals surface area (Å²) in [5.41, 5.74) is 10.3. The van der Waals surface area contributed by atoms with Crippen LogP contribution in [0, 0.1) is 5.92 Å². The number of rotatable bonds is 33. The molecule has 0 aliphatic heterocycles. The molecule has 117 heavy (non-hydrogen) atoms. The molecule has 1 aliphatic rings. The molecule has 1 aliphatic carbocycles. The van der Waals surface area contributed by atoms with Gasteiger partial charge in [0.25, 0.3) is 0 Å². The minimum atomic E-state index is -0.471. The molecule has 1 saturated carbocycles. The molecule has 12 heteroatoms. The van der Waals surface area contributed by atoms with Gasteiger partial charge >= 0.3 is 5.97 Å². The topological polar surface area (TPSA) is 152 Å². The van der Waals surface area contributed by atoms with Gasteiger partial charge in [0.1, 0.15) is 45.8 Å². The Morgan fingerprint density at radius 1 is 0.342 bits per heavy atom. The van der Waals surface area contributed by atoms with Crippen LogP contribution >= 0.6 is 0 Å². The van der Waals surface area contributed by atoms with Gasteiger partial charge in [0.2, 0.25) is 0 Å². The van der Waals surface area contributed by atoms with Crippen molar-refractivity contribution in [1.82, 2.24) is 0 Å². The summed E-state index contributed by atoms with van der Waals surface area (Å²) in [6, 6.07) is 65.9. The van der Waals surface area contributed by atoms with E-state index in [0.29, 0.717) is 89.0 Å². The summed E-state index contributed by atoms with van der Waals surface area (Å²) >= 11 is 0. The van der Waals surface area contributed by atoms with Crippen molar-refractivity contribution >= 4 is 5.97 Å². The Balaban J connectivity index is 0.000000459. The molecule has 9 rings (SSSR count). The molecule has 0 aromatic heterocycles. The molecule has 3 N–H and O–H groups in total. The van der Waals surface area contributed by atoms with Crippen LogP contribution in [0.5, 0.6) is 40.2 Å². The predicted molar refractivity (Wildman–Crippen MR) is 493 cm³/mol. The number of phenols is 3. The second-order valence-corrected chi connectivity index (χ2v) is 32.7. The van der Waals surface area contributed by atoms with Crippen molar-refractivity contribution in [1.29, 1.82) is 0 Å². The van der Waals surface area contributed by atoms with Gasteiger partial charge in [-0.15, -0.1) is 0 Å². The van der Waals surface area contributed by atoms with E-state index in [9.17, 15) is 4.79 Å². The zero-order valence-electron chi connectivity index (χ0n) is 77.1. The van der Waals surface area contributed by atoms with Crippen molar-refractivity contribution in [2.45, 2.75) is 341 Å². The Hall–Kier alpha value is -8.29. The summed E-state index contributed by atoms with van der Waals surface area (Å²) in [6.45, 7) is 54.4. The third-order valence-corrected chi connectivity index (χ3v) is 21.4. The number of hydrogen-bond donors (Lipinski definition) is 3. The van der Waals surface area contributed by atoms with Gasteiger partial charge in [-0.1, -0.05) is 266 Å². The second-order valence-electron chi connectivity index (χ2n) is 32.7. The maximum atomic E-state index is 11.5. The number of aromatic hydroxyl groups is 3. The van der Waals surface area contributed by atoms with Crippen LogP contribution in [0.1, 0.15) is 355 Å². The highest BCUT2D eigenvalue weighted by atomic mass is 16.7. The van der Waals surface area contributed by atoms with E-state index in [2.05, 4.69) is 210 Å². The Morgan fingerprint density at radius 3 is 0.906 bits per heavy atom. The van der Waals surface area contributed by atoms with E-state index in [-0.39, 0.29) is 31.4 Å². The first kappa shape index (κ1) is 105. The van der Waals surface area contributed by atoms with E-state index in [4.69, 9.17) is 53.2 Å². The average Bonchev–Trinajstić information content (AvgIpc) is 1.58. The lowest BCUT2D eigenvalue weighted by atomic mass is 9.98. The molecule has 0 spiro atoms. The van der Waals surface area contributed by atoms with Crippen molar-refractivity contribution in [2.75, 3.05) is 19.8 Å². The molecule has 0 saturated heterocycles. The molecule has 0 bridgehead atoms. The van der Waals surface area contributed by atoms with E-state index in [1.807, 2.05) is 126 Å². The van der Waals surface area contributed by atoms with Crippen molar-refractivity contribution in [2.24, 2.45) is 5.92 Å². The molecule has 0 heterocycles. The first-order chi connectivity index (χ1) is 55.8. The van der Waals surface area contributed by atoms with E-state index in [0.717, 1.165) is 68.8 Å². The van der Waals surface area contributed by atoms with E-state index in [1.165, 1.54) is 89.5 Å². The number of benzene rings is 8. The fourth-order valence-corrected chi connectivity index (χ4v) is 11.9. The summed E-state index contributed by atoms with van der Waals surface area (Å²) < 4.78 is 44.9. The number of hydrogen-bond acceptors (Lipinski definition) is 12. The van der Waals surface area contributed by atoms with Gasteiger partial charge in [-0.2, -0.15) is 0 Å². The lowest BCUT2D eigenvalue weighted by Crippen LogP contribution is -2.27. The van der Waals surface area contributed by atoms with Gasteiger partial charge in [0.05, 0.1) is 12.7 Å². The highest BCUT2D eigenvalue weighted by molar-refractivity contribution is 5.71. The third-order valence-electron chi connectivity index (χ3n) is 21.4. The fourth-order valence-electron chi connectivity index (χ4n) is 11.9. The lowest BCUT2D eigenvalue weighted by molar-refractivity contribution is -0.157. The van der Waals surface area contributed by atoms with Crippen molar-refractivity contribution in [3.63, 3.8) is 0 Å². The summed E-state index contributed by atoms with van der Waals surface area (Å²) in [5, 5.41) is 27.0. The number of phenolic OH excluding ortho intramolecular Hbond substituents is 3. The van der Waals surface area contributed by atoms with Crippen LogP contribution in [-0.4, -0.2) is 71.7 Å². The van der Waals surface area contributed by atoms with Crippen LogP contribution in [0.25, 0.3) is 0 Å². The van der Waals surface area contributed by atoms with Crippen LogP contribution in [0.4, 0.5) is 0 Å². The van der Waals surface area contributed by atoms with Crippen LogP contribution in [0.3, 0.4) is 0 Å². The van der Waals surface area contributed by atoms with E-state index in [1.54, 1.807) is 36.4 Å². The molecule has 1 fully saturated rings. The monoisotopic (exact) mass is 1610 g/mol. The van der Waals surface area contributed by atoms with E-state index < -0.39 is 5.60 Å². The first-order valence-corrected chi connectivity index (χ1v) is 44.3. The zero-order chi connectivity index (χ0) is 87.3. The first-order valence-electron chi connectivity index (χ1n) is 44.3. The molecule has 8 aromatic rings. The molecule has 8 aromatic carbocycles. The van der Waals surface area contributed by atoms with Gasteiger partial charge < -0.3 is 53.2 Å². The van der Waals surface area contributed by atoms with Crippen LogP contribution in [-0.2, 0) is 23.7 Å². The van der Waals surface area contributed by atoms with Crippen molar-refractivity contribution in [3.8, 4) is 40.2 Å². The van der Waals surface area contributed by atoms with Crippen LogP contribution in [0.2, 0.25) is 0 Å². The van der Waals surface area contributed by atoms with Gasteiger partial charge in [-0.05, 0) is 288 Å². The minimum Gasteiger partial charge on any atom is -0.508 e. The Kier molecular flexibility index (Phi) is 53.9. The van der Waals surface area contributed by atoms with Gasteiger partial charge in [-0.25, -0.2) is 4.79 Å². The molecule has 12 nitrogen and oxygen atoms in total. The molecular formula is C105H158O12. The van der Waals surface area contributed by atoms with Gasteiger partial charge in [-0.3, -0.25) is 0 Å². The highest BCUT2D eigenvalue weighted by Crippen LogP contribution is 2.30. The summed E-state index contributed by atoms with van der Waals surface area (Å²) in [6.07, 6.45) is 16.3. The number of carbonyl (C=O) groups is 1. The molecule has 650 valence electrons. The molecule has 11 atom stereocenters. The average molecular weight is 1610 g/mol. The summed E-state index contributed by atoms with van der Waals surface area (Å²) in [4.78, 5) is 11.5. The minimum absolute atomic E-state index is 0.0556. The fraction of sp³-hybridized carbons (Fsp3) is 0.533. The smallest absolute Gasteiger partial charge is 0.344 e. The largest absolute Gasteiger partial charge is 0.508 e. The summed E-state index contributed by atoms with van der Waals surface area (Å²) in [7, 11) is 0. The normalized spacial score (nSPS) is 14.5. The van der Waals surface area contributed by atoms with Crippen LogP contribution in [0.15, 0.2) is 200 Å². The predicted octanol–water partition coefficient (Wildman–Crippen LogP) is 30.1. The number of esters is 1. The number of ether oxygens (including phenoxy) is 8. The van der Waals surface area contributed by atoms with Crippen molar-refractivity contribution < 1.29 is 58.0 Å². The Morgan fingerprint density at radius 2 is 0.624 bits per heavy atom. The quantitative estimate of drug-likeness (QED) is 0.0265. The van der Waals surface area contributed by atoms with Gasteiger partial charge in [0, 0.05) is 13.0 Å². The molecule has 0 amide bonds. The SMILES string of the molecule is CCC(C)c1ccc(O)cc1.CCC(C)c1ccc(O)cc1.CCC(C)c1ccc(O)cc1.CCC(C)c1ccc(OC(C)OC2CCCCC2)cc1.CCC(C)c1ccc(OC(C)OCC(C)C)cc1.CCC(C)c1ccc(OCC(=O)OC(C)(C)C)cc1.CCC(C)c1ccccc1.CCOC(CC)Oc1ccc(C(C)CC)cc1. The Labute approximate surface area is 711 Å². The standard InChI is InChI=1S/C18H28O2.C16H24O3.C16H26O2.C15H24O2.3C10H14O.C10H14/c1-4-14(2)16-10-12-18(13-11-16)20-15(3)19-17-8-6-5-7-9-17;1-6-12(2)13-7-9-14(10-8-13)18-11-15(17)19-16(3,4)5;1-6-13(4)15-7-9-16(10-8-15)18-14(5)17-11-12(2)3;1-5-12(4)13-8-10-14(11-9-13)17-15(6-2)16-7-3;3*1-3-8(2)9-4-6-10(11)7-5-9;1-3-9(2)10-7-5-4-6-8-10/h10-15,17H,4-9H2,1-3H3;7-10,12H,6,11H2,1-5H3;7-10,12-14H,6,11H2,1-5H3;8-12,15H,5-7H2,1-4H3;3*4-8,11H,3H2,1-2H3;4-9H,3H2,1-2H3. The maximum Gasteiger partial charge on any atom is 0.344 e. The number of carbonyl (C=O) groups excluding carboxylic acids is 1. The zero-order valence-corrected chi connectivity index (χ0v) is 77.1. The second kappa shape index (κ2) is 60.2. The van der Waals surface area contributed by atoms with Crippen molar-refractivity contribution in [3.05, 3.63) is 245 Å².